The number of benzene rings is 2. The van der Waals surface area contributed by atoms with Gasteiger partial charge in [0.1, 0.15) is 11.5 Å². The Kier molecular flexibility index (Phi) is 9.00. The van der Waals surface area contributed by atoms with Crippen LogP contribution in [0, 0.1) is 0 Å². The maximum Gasteiger partial charge on any atom is 0.319 e. The van der Waals surface area contributed by atoms with E-state index in [9.17, 15) is 18.0 Å². The topological polar surface area (TPSA) is 137 Å². The summed E-state index contributed by atoms with van der Waals surface area (Å²) in [6.07, 6.45) is 0.0923. The molecule has 2 rings (SSSR count). The van der Waals surface area contributed by atoms with Crippen molar-refractivity contribution in [3.63, 3.8) is 0 Å². The summed E-state index contributed by atoms with van der Waals surface area (Å²) in [7, 11) is 0.586. The lowest BCUT2D eigenvalue weighted by Crippen LogP contribution is -2.33. The minimum absolute atomic E-state index is 0.00758. The van der Waals surface area contributed by atoms with Crippen LogP contribution in [0.15, 0.2) is 47.4 Å². The van der Waals surface area contributed by atoms with Gasteiger partial charge in [0.05, 0.1) is 32.8 Å². The number of rotatable bonds is 11. The molecular weight excluding hydrogens is 438 g/mol. The lowest BCUT2D eigenvalue weighted by Gasteiger charge is -2.21. The molecule has 0 radical (unpaired) electrons. The smallest absolute Gasteiger partial charge is 0.319 e. The fraction of sp³-hybridized carbons (Fsp3) is 0.333. The molecule has 10 nitrogen and oxygen atoms in total. The van der Waals surface area contributed by atoms with Crippen molar-refractivity contribution in [2.45, 2.75) is 17.9 Å². The Morgan fingerprint density at radius 2 is 1.59 bits per heavy atom. The van der Waals surface area contributed by atoms with Gasteiger partial charge in [-0.25, -0.2) is 13.6 Å². The fourth-order valence-corrected chi connectivity index (χ4v) is 3.40. The normalized spacial score (nSPS) is 11.2. The number of carbonyl (C=O) groups excluding carboxylic acids is 2. The summed E-state index contributed by atoms with van der Waals surface area (Å²) in [5.74, 6) is 0.487. The maximum absolute atomic E-state index is 12.4. The Labute approximate surface area is 187 Å². The zero-order chi connectivity index (χ0) is 23.7. The van der Waals surface area contributed by atoms with Crippen LogP contribution in [0.4, 0.5) is 5.69 Å². The van der Waals surface area contributed by atoms with Crippen LogP contribution in [0.25, 0.3) is 0 Å². The van der Waals surface area contributed by atoms with Gasteiger partial charge < -0.3 is 19.5 Å². The van der Waals surface area contributed by atoms with Crippen molar-refractivity contribution in [2.24, 2.45) is 5.14 Å². The number of esters is 1. The molecule has 0 atom stereocenters. The molecule has 0 aliphatic rings. The second-order valence-electron chi connectivity index (χ2n) is 6.88. The molecule has 0 aliphatic carbocycles. The second kappa shape index (κ2) is 11.5. The molecule has 3 N–H and O–H groups in total. The Bertz CT molecular complexity index is 1020. The van der Waals surface area contributed by atoms with E-state index in [0.29, 0.717) is 23.7 Å². The van der Waals surface area contributed by atoms with Gasteiger partial charge >= 0.3 is 5.97 Å². The molecular formula is C21H27N3O7S. The molecule has 0 aromatic heterocycles. The number of methoxy groups -OCH3 is 3. The first-order valence-corrected chi connectivity index (χ1v) is 11.1. The molecule has 174 valence electrons. The number of nitrogens with one attached hydrogen (secondary N) is 1. The Hall–Kier alpha value is -3.15. The molecule has 11 heteroatoms. The molecule has 0 saturated carbocycles. The minimum atomic E-state index is -3.80. The molecule has 0 unspecified atom stereocenters. The standard InChI is InChI=1S/C21H27N3O7S/c1-29-17-10-15(11-18(12-17)30-2)13-24(14-21(26)31-3)9-8-20(25)23-16-4-6-19(7-5-16)32(22,27)28/h4-7,10-12H,8-9,13-14H2,1-3H3,(H,23,25)(H2,22,27,28). The minimum Gasteiger partial charge on any atom is -0.497 e. The fourth-order valence-electron chi connectivity index (χ4n) is 2.89. The molecule has 0 fully saturated rings. The highest BCUT2D eigenvalue weighted by Crippen LogP contribution is 2.23. The van der Waals surface area contributed by atoms with Gasteiger partial charge in [-0.3, -0.25) is 14.5 Å². The summed E-state index contributed by atoms with van der Waals surface area (Å²) >= 11 is 0. The Morgan fingerprint density at radius 3 is 2.09 bits per heavy atom. The first-order chi connectivity index (χ1) is 15.1. The highest BCUT2D eigenvalue weighted by Gasteiger charge is 2.15. The summed E-state index contributed by atoms with van der Waals surface area (Å²) in [6.45, 7) is 0.626. The average molecular weight is 466 g/mol. The molecule has 0 bridgehead atoms. The number of nitrogens with two attached hydrogens (primary N) is 1. The van der Waals surface area contributed by atoms with Gasteiger partial charge in [0.2, 0.25) is 15.9 Å². The maximum atomic E-state index is 12.4. The highest BCUT2D eigenvalue weighted by atomic mass is 32.2. The van der Waals surface area contributed by atoms with E-state index in [2.05, 4.69) is 5.32 Å². The van der Waals surface area contributed by atoms with Crippen LogP contribution in [-0.4, -0.2) is 59.6 Å². The number of primary sulfonamides is 1. The van der Waals surface area contributed by atoms with E-state index < -0.39 is 16.0 Å². The third kappa shape index (κ3) is 7.84. The van der Waals surface area contributed by atoms with Crippen LogP contribution < -0.4 is 19.9 Å². The number of amides is 1. The van der Waals surface area contributed by atoms with Gasteiger partial charge in [-0.1, -0.05) is 0 Å². The van der Waals surface area contributed by atoms with Crippen molar-refractivity contribution in [1.29, 1.82) is 0 Å². The van der Waals surface area contributed by atoms with Crippen LogP contribution in [0.3, 0.4) is 0 Å². The Balaban J connectivity index is 2.04. The SMILES string of the molecule is COC(=O)CN(CCC(=O)Nc1ccc(S(N)(=O)=O)cc1)Cc1cc(OC)cc(OC)c1. The van der Waals surface area contributed by atoms with Crippen molar-refractivity contribution in [1.82, 2.24) is 4.90 Å². The van der Waals surface area contributed by atoms with E-state index in [-0.39, 0.29) is 30.3 Å². The zero-order valence-corrected chi connectivity index (χ0v) is 19.0. The average Bonchev–Trinajstić information content (AvgIpc) is 2.76. The van der Waals surface area contributed by atoms with Gasteiger partial charge in [0.15, 0.2) is 0 Å². The first kappa shape index (κ1) is 25.1. The lowest BCUT2D eigenvalue weighted by molar-refractivity contribution is -0.142. The molecule has 0 aliphatic heterocycles. The number of hydrogen-bond donors (Lipinski definition) is 2. The summed E-state index contributed by atoms with van der Waals surface area (Å²) in [5.41, 5.74) is 1.27. The number of anilines is 1. The van der Waals surface area contributed by atoms with E-state index >= 15 is 0 Å². The van der Waals surface area contributed by atoms with Crippen molar-refractivity contribution in [3.05, 3.63) is 48.0 Å². The second-order valence-corrected chi connectivity index (χ2v) is 8.44. The van der Waals surface area contributed by atoms with Crippen molar-refractivity contribution in [3.8, 4) is 11.5 Å². The van der Waals surface area contributed by atoms with E-state index in [1.54, 1.807) is 25.2 Å². The number of ether oxygens (including phenoxy) is 3. The van der Waals surface area contributed by atoms with Crippen LogP contribution in [0.2, 0.25) is 0 Å². The summed E-state index contributed by atoms with van der Waals surface area (Å²) < 4.78 is 37.9. The number of hydrogen-bond acceptors (Lipinski definition) is 8. The van der Waals surface area contributed by atoms with E-state index in [4.69, 9.17) is 19.3 Å². The lowest BCUT2D eigenvalue weighted by atomic mass is 10.1. The number of sulfonamides is 1. The van der Waals surface area contributed by atoms with E-state index in [1.807, 2.05) is 12.1 Å². The molecule has 32 heavy (non-hydrogen) atoms. The molecule has 2 aromatic rings. The van der Waals surface area contributed by atoms with Crippen molar-refractivity contribution < 1.29 is 32.2 Å². The summed E-state index contributed by atoms with van der Waals surface area (Å²) in [4.78, 5) is 25.9. The van der Waals surface area contributed by atoms with Gasteiger partial charge in [-0.2, -0.15) is 0 Å². The third-order valence-electron chi connectivity index (χ3n) is 4.52. The van der Waals surface area contributed by atoms with Gasteiger partial charge in [-0.05, 0) is 42.0 Å². The van der Waals surface area contributed by atoms with Crippen LogP contribution >= 0.6 is 0 Å². The van der Waals surface area contributed by atoms with Crippen LogP contribution in [-0.2, 0) is 30.9 Å². The predicted molar refractivity (Wildman–Crippen MR) is 118 cm³/mol. The van der Waals surface area contributed by atoms with Gasteiger partial charge in [0.25, 0.3) is 0 Å². The van der Waals surface area contributed by atoms with Gasteiger partial charge in [-0.15, -0.1) is 0 Å². The largest absolute Gasteiger partial charge is 0.497 e. The first-order valence-electron chi connectivity index (χ1n) is 9.58. The Morgan fingerprint density at radius 1 is 1.00 bits per heavy atom. The van der Waals surface area contributed by atoms with Crippen LogP contribution in [0.5, 0.6) is 11.5 Å². The van der Waals surface area contributed by atoms with Gasteiger partial charge in [0, 0.05) is 31.3 Å². The monoisotopic (exact) mass is 465 g/mol. The van der Waals surface area contributed by atoms with E-state index in [1.165, 1.54) is 31.4 Å². The van der Waals surface area contributed by atoms with Crippen LogP contribution in [0.1, 0.15) is 12.0 Å². The van der Waals surface area contributed by atoms with E-state index in [0.717, 1.165) is 5.56 Å². The molecule has 0 heterocycles. The van der Waals surface area contributed by atoms with Crippen molar-refractivity contribution in [2.75, 3.05) is 39.7 Å². The summed E-state index contributed by atoms with van der Waals surface area (Å²) in [6, 6.07) is 10.9. The molecule has 0 spiro atoms. The van der Waals surface area contributed by atoms with Crippen molar-refractivity contribution >= 4 is 27.6 Å². The number of nitrogens with zero attached hydrogens (tertiary/aromatic N) is 1. The number of carbonyl (C=O) groups is 2. The quantitative estimate of drug-likeness (QED) is 0.475. The highest BCUT2D eigenvalue weighted by molar-refractivity contribution is 7.89. The predicted octanol–water partition coefficient (Wildman–Crippen LogP) is 1.36. The zero-order valence-electron chi connectivity index (χ0n) is 18.2. The molecule has 0 saturated heterocycles. The molecule has 1 amide bonds. The summed E-state index contributed by atoms with van der Waals surface area (Å²) in [5, 5.41) is 7.75. The third-order valence-corrected chi connectivity index (χ3v) is 5.45. The molecule has 2 aromatic carbocycles.